The van der Waals surface area contributed by atoms with Crippen LogP contribution in [0.4, 0.5) is 0 Å². The van der Waals surface area contributed by atoms with Crippen LogP contribution in [0.15, 0.2) is 0 Å². The van der Waals surface area contributed by atoms with Crippen LogP contribution in [0.25, 0.3) is 0 Å². The van der Waals surface area contributed by atoms with Crippen LogP contribution in [0.2, 0.25) is 0 Å². The molecule has 0 rings (SSSR count). The van der Waals surface area contributed by atoms with Crippen molar-refractivity contribution in [1.82, 2.24) is 0 Å². The minimum atomic E-state index is 0. The summed E-state index contributed by atoms with van der Waals surface area (Å²) in [6, 6.07) is 0. The van der Waals surface area contributed by atoms with E-state index < -0.39 is 0 Å². The predicted octanol–water partition coefficient (Wildman–Crippen LogP) is -4.74. The van der Waals surface area contributed by atoms with E-state index >= 15 is 0 Å². The third kappa shape index (κ3) is 8.86. The summed E-state index contributed by atoms with van der Waals surface area (Å²) in [6.45, 7) is 0. The van der Waals surface area contributed by atoms with E-state index in [-0.39, 0.29) is 88.0 Å². The summed E-state index contributed by atoms with van der Waals surface area (Å²) in [5, 5.41) is 0. The van der Waals surface area contributed by atoms with E-state index in [2.05, 4.69) is 0 Å². The van der Waals surface area contributed by atoms with Gasteiger partial charge in [-0.15, -0.1) is 0 Å². The molecule has 0 heterocycles. The standard InChI is InChI=1S/AsH3.Ga.In.Sb.9H/h1H3;;;;;;;;;;;;. The molecule has 0 aromatic carbocycles. The van der Waals surface area contributed by atoms with E-state index in [1.807, 2.05) is 0 Å². The Hall–Kier alpha value is 2.88. The molecule has 28 valence electrons. The zero-order valence-electron chi connectivity index (χ0n) is 1.41. The normalized spacial score (nSPS) is 0. The number of rotatable bonds is 0. The molecule has 4 heavy (non-hydrogen) atoms. The Bertz CT molecular complexity index is 8.00. The molecule has 0 spiro atoms. The Morgan fingerprint density at radius 1 is 1.00 bits per heavy atom. The van der Waals surface area contributed by atoms with Gasteiger partial charge in [0.1, 0.15) is 0 Å². The van der Waals surface area contributed by atoms with Gasteiger partial charge in [0.15, 0.2) is 0 Å². The van der Waals surface area contributed by atoms with Crippen molar-refractivity contribution in [2.24, 2.45) is 0 Å². The summed E-state index contributed by atoms with van der Waals surface area (Å²) in [7, 11) is 0. The van der Waals surface area contributed by atoms with E-state index in [4.69, 9.17) is 0 Å². The molecule has 0 aliphatic rings. The Morgan fingerprint density at radius 2 is 1.00 bits per heavy atom. The van der Waals surface area contributed by atoms with E-state index in [0.717, 1.165) is 0 Å². The Labute approximate surface area is 86.5 Å². The van der Waals surface area contributed by atoms with Gasteiger partial charge < -0.3 is 0 Å². The third-order valence-electron chi connectivity index (χ3n) is 0. The van der Waals surface area contributed by atoms with Gasteiger partial charge in [-0.25, -0.2) is 0 Å². The van der Waals surface area contributed by atoms with Crippen LogP contribution in [0.3, 0.4) is 0 Å². The van der Waals surface area contributed by atoms with Crippen LogP contribution in [0.5, 0.6) is 0 Å². The Balaban J connectivity index is 0. The molecule has 0 fully saturated rings. The van der Waals surface area contributed by atoms with Crippen molar-refractivity contribution in [1.29, 1.82) is 0 Å². The summed E-state index contributed by atoms with van der Waals surface area (Å²) in [4.78, 5) is 0. The second-order valence-electron chi connectivity index (χ2n) is 0. The fourth-order valence-corrected chi connectivity index (χ4v) is 0. The molecule has 1 atom stereocenters. The molecule has 4 heteroatoms. The zero-order valence-corrected chi connectivity index (χ0v) is 8.42. The van der Waals surface area contributed by atoms with E-state index in [1.165, 1.54) is 0 Å². The van der Waals surface area contributed by atoms with Crippen LogP contribution < -0.4 is 0 Å². The third-order valence-corrected chi connectivity index (χ3v) is 0. The monoisotopic (exact) mass is 392 g/mol. The molecule has 0 amide bonds. The van der Waals surface area contributed by atoms with Crippen molar-refractivity contribution >= 4 is 88.0 Å². The molecule has 0 aliphatic heterocycles. The second-order valence-corrected chi connectivity index (χ2v) is 0. The summed E-state index contributed by atoms with van der Waals surface area (Å²) < 4.78 is 0. The summed E-state index contributed by atoms with van der Waals surface area (Å²) in [5.74, 6) is 0. The first-order chi connectivity index (χ1) is 0. The molecule has 0 aromatic heterocycles. The molecule has 0 radical (unpaired) electrons. The van der Waals surface area contributed by atoms with Gasteiger partial charge in [0.25, 0.3) is 0 Å². The molecule has 0 aromatic rings. The van der Waals surface area contributed by atoms with Crippen molar-refractivity contribution in [3.63, 3.8) is 0 Å². The van der Waals surface area contributed by atoms with Crippen molar-refractivity contribution < 1.29 is 0 Å². The first-order valence-electron chi connectivity index (χ1n) is 0. The number of hydrogen-bond donors (Lipinski definition) is 0. The molecular weight excluding hydrogens is 381 g/mol. The molecular formula is H12AsGaInSb. The van der Waals surface area contributed by atoms with Crippen LogP contribution in [-0.4, -0.2) is 88.0 Å². The summed E-state index contributed by atoms with van der Waals surface area (Å²) in [5.41, 5.74) is 0. The molecule has 0 saturated heterocycles. The SMILES string of the molecule is [AsH3].[GaH3].[InH3].[SbH3]. The van der Waals surface area contributed by atoms with Gasteiger partial charge in [0.2, 0.25) is 0 Å². The zero-order chi connectivity index (χ0) is 0. The Morgan fingerprint density at radius 3 is 1.00 bits per heavy atom. The first-order valence-corrected chi connectivity index (χ1v) is 0. The average molecular weight is 393 g/mol. The maximum atomic E-state index is 0. The van der Waals surface area contributed by atoms with Gasteiger partial charge in [-0.1, -0.05) is 0 Å². The van der Waals surface area contributed by atoms with Crippen molar-refractivity contribution in [3.05, 3.63) is 0 Å². The topological polar surface area (TPSA) is 0 Å². The summed E-state index contributed by atoms with van der Waals surface area (Å²) >= 11 is 0. The first kappa shape index (κ1) is 28.7. The van der Waals surface area contributed by atoms with Gasteiger partial charge in [0.05, 0.1) is 0 Å². The Kier molecular flexibility index (Phi) is 121. The van der Waals surface area contributed by atoms with Crippen LogP contribution >= 0.6 is 0 Å². The summed E-state index contributed by atoms with van der Waals surface area (Å²) in [6.07, 6.45) is 0. The molecule has 0 nitrogen and oxygen atoms in total. The molecule has 0 saturated carbocycles. The fraction of sp³-hybridized carbons (Fsp3) is 0. The van der Waals surface area contributed by atoms with Gasteiger partial charge in [-0.2, -0.15) is 0 Å². The molecule has 0 N–H and O–H groups in total. The minimum absolute atomic E-state index is 0. The quantitative estimate of drug-likeness (QED) is 0.363. The molecule has 0 aliphatic carbocycles. The van der Waals surface area contributed by atoms with Crippen LogP contribution in [-0.2, 0) is 0 Å². The van der Waals surface area contributed by atoms with E-state index in [1.54, 1.807) is 0 Å². The van der Waals surface area contributed by atoms with Crippen LogP contribution in [0, 0.1) is 0 Å². The van der Waals surface area contributed by atoms with Crippen molar-refractivity contribution in [2.45, 2.75) is 0 Å². The van der Waals surface area contributed by atoms with Gasteiger partial charge in [0, 0.05) is 0 Å². The maximum absolute atomic E-state index is 0. The van der Waals surface area contributed by atoms with Gasteiger partial charge in [-0.05, 0) is 0 Å². The predicted molar refractivity (Wildman–Crippen MR) is 39.8 cm³/mol. The van der Waals surface area contributed by atoms with Crippen molar-refractivity contribution in [2.75, 3.05) is 0 Å². The van der Waals surface area contributed by atoms with Gasteiger partial charge >= 0.3 is 88.0 Å². The van der Waals surface area contributed by atoms with Crippen LogP contribution in [0.1, 0.15) is 0 Å². The number of hydrogen-bond acceptors (Lipinski definition) is 0. The van der Waals surface area contributed by atoms with E-state index in [0.29, 0.717) is 0 Å². The van der Waals surface area contributed by atoms with Gasteiger partial charge in [-0.3, -0.25) is 0 Å². The fourth-order valence-electron chi connectivity index (χ4n) is 0. The second kappa shape index (κ2) is 16.9. The molecule has 1 unspecified atom stereocenters. The van der Waals surface area contributed by atoms with E-state index in [9.17, 15) is 0 Å². The van der Waals surface area contributed by atoms with Crippen molar-refractivity contribution in [3.8, 4) is 0 Å². The average Bonchev–Trinajstić information content (AvgIpc) is 0. The molecule has 0 bridgehead atoms.